The van der Waals surface area contributed by atoms with E-state index >= 15 is 0 Å². The second-order valence-corrected chi connectivity index (χ2v) is 16.3. The zero-order valence-electron chi connectivity index (χ0n) is 39.2. The highest BCUT2D eigenvalue weighted by Gasteiger charge is 2.19. The van der Waals surface area contributed by atoms with E-state index in [4.69, 9.17) is 14.2 Å². The average molecular weight is 837 g/mol. The number of hydrogen-bond acceptors (Lipinski definition) is 6. The number of carbonyl (C=O) groups excluding carboxylic acids is 3. The minimum atomic E-state index is -0.795. The summed E-state index contributed by atoms with van der Waals surface area (Å²) in [4.78, 5) is 37.9. The Kier molecular flexibility index (Phi) is 46.0. The van der Waals surface area contributed by atoms with Gasteiger partial charge in [0.15, 0.2) is 6.10 Å². The van der Waals surface area contributed by atoms with Crippen LogP contribution in [0.1, 0.15) is 233 Å². The monoisotopic (exact) mass is 837 g/mol. The summed E-state index contributed by atoms with van der Waals surface area (Å²) in [6, 6.07) is 0. The van der Waals surface area contributed by atoms with Crippen LogP contribution in [0, 0.1) is 0 Å². The largest absolute Gasteiger partial charge is 0.462 e. The molecule has 0 bridgehead atoms. The molecule has 60 heavy (non-hydrogen) atoms. The molecule has 0 saturated heterocycles. The van der Waals surface area contributed by atoms with Gasteiger partial charge in [0.1, 0.15) is 13.2 Å². The number of ether oxygens (including phenoxy) is 3. The van der Waals surface area contributed by atoms with Crippen molar-refractivity contribution in [3.8, 4) is 0 Å². The molecule has 6 nitrogen and oxygen atoms in total. The Morgan fingerprint density at radius 3 is 1.12 bits per heavy atom. The predicted octanol–water partition coefficient (Wildman–Crippen LogP) is 16.3. The number of hydrogen-bond donors (Lipinski definition) is 0. The summed E-state index contributed by atoms with van der Waals surface area (Å²) in [6.07, 6.45) is 60.2. The SMILES string of the molecule is CC/C=C\C/C=C\C/C=C\C/C=C\CCCCC(=O)OCC(COC(=O)CCCCCCC/C=C\C/C=C\CCC)OC(=O)CCCCCCCCCCCCCCCC. The highest BCUT2D eigenvalue weighted by Crippen LogP contribution is 2.15. The summed E-state index contributed by atoms with van der Waals surface area (Å²) in [5, 5.41) is 0. The third kappa shape index (κ3) is 45.9. The maximum absolute atomic E-state index is 12.8. The molecule has 0 aliphatic rings. The van der Waals surface area contributed by atoms with Gasteiger partial charge in [-0.3, -0.25) is 14.4 Å². The van der Waals surface area contributed by atoms with Gasteiger partial charge in [0, 0.05) is 19.3 Å². The van der Waals surface area contributed by atoms with Gasteiger partial charge >= 0.3 is 17.9 Å². The molecule has 1 unspecified atom stereocenters. The smallest absolute Gasteiger partial charge is 0.306 e. The molecule has 0 spiro atoms. The van der Waals surface area contributed by atoms with Crippen molar-refractivity contribution in [3.63, 3.8) is 0 Å². The van der Waals surface area contributed by atoms with E-state index in [0.717, 1.165) is 116 Å². The fourth-order valence-corrected chi connectivity index (χ4v) is 6.71. The highest BCUT2D eigenvalue weighted by molar-refractivity contribution is 5.71. The summed E-state index contributed by atoms with van der Waals surface area (Å²) in [6.45, 7) is 6.41. The van der Waals surface area contributed by atoms with Gasteiger partial charge in [0.05, 0.1) is 0 Å². The van der Waals surface area contributed by atoms with Crippen molar-refractivity contribution in [1.82, 2.24) is 0 Å². The molecule has 0 saturated carbocycles. The van der Waals surface area contributed by atoms with E-state index in [1.165, 1.54) is 77.0 Å². The van der Waals surface area contributed by atoms with Crippen molar-refractivity contribution in [3.05, 3.63) is 72.9 Å². The van der Waals surface area contributed by atoms with E-state index in [-0.39, 0.29) is 31.1 Å². The Morgan fingerprint density at radius 2 is 0.683 bits per heavy atom. The van der Waals surface area contributed by atoms with Gasteiger partial charge in [-0.2, -0.15) is 0 Å². The van der Waals surface area contributed by atoms with Crippen LogP contribution in [-0.2, 0) is 28.6 Å². The Bertz CT molecular complexity index is 1140. The molecule has 0 aromatic rings. The van der Waals surface area contributed by atoms with Gasteiger partial charge in [-0.05, 0) is 83.5 Å². The van der Waals surface area contributed by atoms with Crippen molar-refractivity contribution >= 4 is 17.9 Å². The Balaban J connectivity index is 4.46. The van der Waals surface area contributed by atoms with Crippen molar-refractivity contribution in [2.45, 2.75) is 239 Å². The van der Waals surface area contributed by atoms with Gasteiger partial charge in [-0.15, -0.1) is 0 Å². The first kappa shape index (κ1) is 56.9. The van der Waals surface area contributed by atoms with Crippen LogP contribution < -0.4 is 0 Å². The summed E-state index contributed by atoms with van der Waals surface area (Å²) in [5.74, 6) is -0.949. The summed E-state index contributed by atoms with van der Waals surface area (Å²) >= 11 is 0. The Labute approximate surface area is 370 Å². The lowest BCUT2D eigenvalue weighted by molar-refractivity contribution is -0.167. The standard InChI is InChI=1S/C54H92O6/c1-4-7-10-13-16-19-22-25-27-30-32-35-38-41-44-47-53(56)59-50-51(49-58-52(55)46-43-40-37-34-31-28-24-21-18-15-12-9-6-3)60-54(57)48-45-42-39-36-33-29-26-23-20-17-14-11-8-5-2/h7,10,12,15-16,19,21,24-25,27,32,35,51H,4-6,8-9,11,13-14,17-18,20,22-23,26,28-31,33-34,36-50H2,1-3H3/b10-7-,15-12-,19-16-,24-21-,27-25-,35-32-. The van der Waals surface area contributed by atoms with Crippen LogP contribution in [0.4, 0.5) is 0 Å². The third-order valence-electron chi connectivity index (χ3n) is 10.4. The molecule has 0 aliphatic carbocycles. The minimum Gasteiger partial charge on any atom is -0.462 e. The first-order valence-corrected chi connectivity index (χ1v) is 24.9. The second-order valence-electron chi connectivity index (χ2n) is 16.3. The molecule has 0 aliphatic heterocycles. The Hall–Kier alpha value is -3.15. The van der Waals surface area contributed by atoms with E-state index in [0.29, 0.717) is 19.3 Å². The predicted molar refractivity (Wildman–Crippen MR) is 256 cm³/mol. The molecule has 6 heteroatoms. The molecule has 0 N–H and O–H groups in total. The van der Waals surface area contributed by atoms with Crippen LogP contribution in [0.3, 0.4) is 0 Å². The molecular weight excluding hydrogens is 745 g/mol. The van der Waals surface area contributed by atoms with Gasteiger partial charge in [-0.25, -0.2) is 0 Å². The zero-order chi connectivity index (χ0) is 43.7. The van der Waals surface area contributed by atoms with Crippen LogP contribution in [0.25, 0.3) is 0 Å². The topological polar surface area (TPSA) is 78.9 Å². The third-order valence-corrected chi connectivity index (χ3v) is 10.4. The number of unbranched alkanes of at least 4 members (excludes halogenated alkanes) is 21. The molecule has 0 aromatic heterocycles. The van der Waals surface area contributed by atoms with Gasteiger partial charge < -0.3 is 14.2 Å². The number of rotatable bonds is 44. The van der Waals surface area contributed by atoms with Crippen molar-refractivity contribution < 1.29 is 28.6 Å². The van der Waals surface area contributed by atoms with Crippen LogP contribution in [0.15, 0.2) is 72.9 Å². The van der Waals surface area contributed by atoms with Crippen molar-refractivity contribution in [1.29, 1.82) is 0 Å². The van der Waals surface area contributed by atoms with E-state index < -0.39 is 6.10 Å². The fraction of sp³-hybridized carbons (Fsp3) is 0.722. The minimum absolute atomic E-state index is 0.0948. The van der Waals surface area contributed by atoms with E-state index in [2.05, 4.69) is 93.7 Å². The molecule has 1 atom stereocenters. The lowest BCUT2D eigenvalue weighted by Gasteiger charge is -2.18. The number of carbonyl (C=O) groups is 3. The first-order valence-electron chi connectivity index (χ1n) is 24.9. The van der Waals surface area contributed by atoms with E-state index in [1.807, 2.05) is 0 Å². The maximum atomic E-state index is 12.8. The summed E-state index contributed by atoms with van der Waals surface area (Å²) < 4.78 is 16.7. The van der Waals surface area contributed by atoms with Gasteiger partial charge in [-0.1, -0.05) is 203 Å². The molecular formula is C54H92O6. The molecule has 0 rings (SSSR count). The van der Waals surface area contributed by atoms with Gasteiger partial charge in [0.2, 0.25) is 0 Å². The van der Waals surface area contributed by atoms with Gasteiger partial charge in [0.25, 0.3) is 0 Å². The summed E-state index contributed by atoms with van der Waals surface area (Å²) in [5.41, 5.74) is 0. The van der Waals surface area contributed by atoms with Crippen LogP contribution in [0.5, 0.6) is 0 Å². The first-order chi connectivity index (χ1) is 29.5. The molecule has 0 aromatic carbocycles. The number of allylic oxidation sites excluding steroid dienone is 12. The van der Waals surface area contributed by atoms with Crippen LogP contribution >= 0.6 is 0 Å². The van der Waals surface area contributed by atoms with Crippen LogP contribution in [-0.4, -0.2) is 37.2 Å². The average Bonchev–Trinajstić information content (AvgIpc) is 3.24. The molecule has 0 amide bonds. The number of esters is 3. The van der Waals surface area contributed by atoms with E-state index in [1.54, 1.807) is 0 Å². The summed E-state index contributed by atoms with van der Waals surface area (Å²) in [7, 11) is 0. The van der Waals surface area contributed by atoms with Crippen molar-refractivity contribution in [2.75, 3.05) is 13.2 Å². The van der Waals surface area contributed by atoms with Crippen LogP contribution in [0.2, 0.25) is 0 Å². The second kappa shape index (κ2) is 48.5. The fourth-order valence-electron chi connectivity index (χ4n) is 6.71. The highest BCUT2D eigenvalue weighted by atomic mass is 16.6. The lowest BCUT2D eigenvalue weighted by atomic mass is 10.0. The Morgan fingerprint density at radius 1 is 0.350 bits per heavy atom. The zero-order valence-corrected chi connectivity index (χ0v) is 39.2. The molecule has 344 valence electrons. The van der Waals surface area contributed by atoms with E-state index in [9.17, 15) is 14.4 Å². The van der Waals surface area contributed by atoms with Crippen molar-refractivity contribution in [2.24, 2.45) is 0 Å². The quantitative estimate of drug-likeness (QED) is 0.0263. The molecule has 0 heterocycles. The molecule has 0 fully saturated rings. The lowest BCUT2D eigenvalue weighted by Crippen LogP contribution is -2.30. The molecule has 0 radical (unpaired) electrons. The normalized spacial score (nSPS) is 12.7. The maximum Gasteiger partial charge on any atom is 0.306 e.